The van der Waals surface area contributed by atoms with Gasteiger partial charge < -0.3 is 4.98 Å². The highest BCUT2D eigenvalue weighted by Gasteiger charge is 2.15. The van der Waals surface area contributed by atoms with Crippen molar-refractivity contribution in [3.63, 3.8) is 0 Å². The molecule has 0 fully saturated rings. The Hall–Kier alpha value is -3.43. The van der Waals surface area contributed by atoms with Crippen LogP contribution in [0.15, 0.2) is 60.0 Å². The minimum atomic E-state index is -0.326. The van der Waals surface area contributed by atoms with E-state index in [1.807, 2.05) is 25.1 Å². The number of fused-ring (bicyclic) bond motifs is 1. The number of rotatable bonds is 5. The maximum Gasteiger partial charge on any atom is 0.262 e. The normalized spacial score (nSPS) is 10.8. The molecule has 3 heterocycles. The number of pyridine rings is 1. The fourth-order valence-electron chi connectivity index (χ4n) is 3.04. The second kappa shape index (κ2) is 8.13. The summed E-state index contributed by atoms with van der Waals surface area (Å²) in [7, 11) is 0. The fraction of sp³-hybridized carbons (Fsp3) is 0.0952. The second-order valence-corrected chi connectivity index (χ2v) is 7.88. The number of benzene rings is 1. The van der Waals surface area contributed by atoms with E-state index in [9.17, 15) is 9.59 Å². The molecular weight excluding hydrogens is 418 g/mol. The molecular formula is C21H17N5O2S2. The van der Waals surface area contributed by atoms with Crippen LogP contribution in [0.25, 0.3) is 21.5 Å². The van der Waals surface area contributed by atoms with E-state index in [2.05, 4.69) is 26.8 Å². The number of anilines is 1. The van der Waals surface area contributed by atoms with Crippen molar-refractivity contribution in [2.75, 3.05) is 5.32 Å². The SMILES string of the molecule is C=CCn1c(=S)[nH]c2cc(C(=O)Nc3nc(C)c(-c4ccccn4)s3)ccc2c1=O. The van der Waals surface area contributed by atoms with Gasteiger partial charge in [-0.1, -0.05) is 23.5 Å². The van der Waals surface area contributed by atoms with Gasteiger partial charge in [-0.3, -0.25) is 24.5 Å². The Morgan fingerprint density at radius 3 is 2.93 bits per heavy atom. The number of carbonyl (C=O) groups is 1. The van der Waals surface area contributed by atoms with Crippen LogP contribution < -0.4 is 10.9 Å². The second-order valence-electron chi connectivity index (χ2n) is 6.50. The van der Waals surface area contributed by atoms with Crippen LogP contribution in [0.3, 0.4) is 0 Å². The van der Waals surface area contributed by atoms with Crippen molar-refractivity contribution >= 4 is 45.5 Å². The van der Waals surface area contributed by atoms with Crippen molar-refractivity contribution in [2.24, 2.45) is 0 Å². The Labute approximate surface area is 180 Å². The maximum atomic E-state index is 12.8. The van der Waals surface area contributed by atoms with Crippen LogP contribution in [0, 0.1) is 11.7 Å². The largest absolute Gasteiger partial charge is 0.332 e. The first kappa shape index (κ1) is 19.9. The summed E-state index contributed by atoms with van der Waals surface area (Å²) >= 11 is 6.61. The molecule has 0 aliphatic rings. The molecule has 0 saturated heterocycles. The zero-order valence-electron chi connectivity index (χ0n) is 16.0. The number of carbonyl (C=O) groups excluding carboxylic acids is 1. The van der Waals surface area contributed by atoms with Crippen molar-refractivity contribution in [3.05, 3.63) is 81.6 Å². The number of nitrogens with one attached hydrogen (secondary N) is 2. The minimum Gasteiger partial charge on any atom is -0.332 e. The van der Waals surface area contributed by atoms with Crippen molar-refractivity contribution in [1.82, 2.24) is 19.5 Å². The van der Waals surface area contributed by atoms with Gasteiger partial charge in [-0.25, -0.2) is 4.98 Å². The average Bonchev–Trinajstić information content (AvgIpc) is 3.11. The lowest BCUT2D eigenvalue weighted by molar-refractivity contribution is 0.102. The van der Waals surface area contributed by atoms with E-state index < -0.39 is 0 Å². The first-order valence-electron chi connectivity index (χ1n) is 9.06. The van der Waals surface area contributed by atoms with Crippen molar-refractivity contribution in [2.45, 2.75) is 13.5 Å². The number of hydrogen-bond donors (Lipinski definition) is 2. The van der Waals surface area contributed by atoms with Gasteiger partial charge in [0.15, 0.2) is 9.90 Å². The molecule has 0 saturated carbocycles. The highest BCUT2D eigenvalue weighted by atomic mass is 32.1. The van der Waals surface area contributed by atoms with Gasteiger partial charge in [0.1, 0.15) is 0 Å². The Kier molecular flexibility index (Phi) is 5.39. The number of nitrogens with zero attached hydrogens (tertiary/aromatic N) is 3. The van der Waals surface area contributed by atoms with E-state index in [1.165, 1.54) is 15.9 Å². The summed E-state index contributed by atoms with van der Waals surface area (Å²) in [6, 6.07) is 10.5. The number of aryl methyl sites for hydroxylation is 1. The van der Waals surface area contributed by atoms with Crippen LogP contribution in [0.2, 0.25) is 0 Å². The Bertz CT molecular complexity index is 1390. The maximum absolute atomic E-state index is 12.8. The number of H-pyrrole nitrogens is 1. The topological polar surface area (TPSA) is 92.7 Å². The molecule has 3 aromatic heterocycles. The highest BCUT2D eigenvalue weighted by Crippen LogP contribution is 2.31. The van der Waals surface area contributed by atoms with Crippen molar-refractivity contribution in [3.8, 4) is 10.6 Å². The molecule has 2 N–H and O–H groups in total. The molecule has 1 amide bonds. The lowest BCUT2D eigenvalue weighted by Gasteiger charge is -2.07. The Morgan fingerprint density at radius 1 is 1.37 bits per heavy atom. The lowest BCUT2D eigenvalue weighted by Crippen LogP contribution is -2.22. The monoisotopic (exact) mass is 435 g/mol. The summed E-state index contributed by atoms with van der Waals surface area (Å²) in [5.74, 6) is -0.326. The molecule has 4 rings (SSSR count). The predicted octanol–water partition coefficient (Wildman–Crippen LogP) is 4.32. The van der Waals surface area contributed by atoms with Gasteiger partial charge in [-0.05, 0) is 49.5 Å². The zero-order chi connectivity index (χ0) is 21.3. The summed E-state index contributed by atoms with van der Waals surface area (Å²) < 4.78 is 1.70. The predicted molar refractivity (Wildman–Crippen MR) is 122 cm³/mol. The summed E-state index contributed by atoms with van der Waals surface area (Å²) in [6.07, 6.45) is 3.32. The quantitative estimate of drug-likeness (QED) is 0.360. The van der Waals surface area contributed by atoms with Gasteiger partial charge >= 0.3 is 0 Å². The number of aromatic nitrogens is 4. The first-order chi connectivity index (χ1) is 14.5. The van der Waals surface area contributed by atoms with Crippen molar-refractivity contribution in [1.29, 1.82) is 0 Å². The molecule has 0 aliphatic carbocycles. The lowest BCUT2D eigenvalue weighted by atomic mass is 10.1. The summed E-state index contributed by atoms with van der Waals surface area (Å²) in [4.78, 5) is 38.0. The third-order valence-corrected chi connectivity index (χ3v) is 5.89. The molecule has 0 atom stereocenters. The molecule has 150 valence electrons. The van der Waals surface area contributed by atoms with E-state index in [1.54, 1.807) is 30.5 Å². The van der Waals surface area contributed by atoms with E-state index >= 15 is 0 Å². The molecule has 9 heteroatoms. The van der Waals surface area contributed by atoms with Gasteiger partial charge in [0.05, 0.1) is 27.2 Å². The minimum absolute atomic E-state index is 0.226. The molecule has 4 aromatic rings. The molecule has 0 spiro atoms. The van der Waals surface area contributed by atoms with Gasteiger partial charge in [0, 0.05) is 18.3 Å². The Morgan fingerprint density at radius 2 is 2.20 bits per heavy atom. The zero-order valence-corrected chi connectivity index (χ0v) is 17.6. The van der Waals surface area contributed by atoms with Crippen LogP contribution in [0.4, 0.5) is 5.13 Å². The van der Waals surface area contributed by atoms with Crippen LogP contribution in [-0.4, -0.2) is 25.4 Å². The van der Waals surface area contributed by atoms with Crippen LogP contribution >= 0.6 is 23.6 Å². The molecule has 0 radical (unpaired) electrons. The molecule has 30 heavy (non-hydrogen) atoms. The number of thiazole rings is 1. The van der Waals surface area contributed by atoms with Gasteiger partial charge in [0.2, 0.25) is 0 Å². The summed E-state index contributed by atoms with van der Waals surface area (Å²) in [6.45, 7) is 5.83. The summed E-state index contributed by atoms with van der Waals surface area (Å²) in [5.41, 5.74) is 2.27. The van der Waals surface area contributed by atoms with Crippen molar-refractivity contribution < 1.29 is 4.79 Å². The first-order valence-corrected chi connectivity index (χ1v) is 10.3. The van der Waals surface area contributed by atoms with Gasteiger partial charge in [-0.2, -0.15) is 0 Å². The van der Waals surface area contributed by atoms with Gasteiger partial charge in [-0.15, -0.1) is 6.58 Å². The van der Waals surface area contributed by atoms with Crippen LogP contribution in [0.5, 0.6) is 0 Å². The standard InChI is InChI=1S/C21H17N5O2S2/c1-3-10-26-19(28)14-8-7-13(11-16(14)24-21(26)29)18(27)25-20-23-12(2)17(30-20)15-6-4-5-9-22-15/h3-9,11H,1,10H2,2H3,(H,24,29)(H,23,25,27). The fourth-order valence-corrected chi connectivity index (χ4v) is 4.25. The van der Waals surface area contributed by atoms with Crippen LogP contribution in [0.1, 0.15) is 16.1 Å². The van der Waals surface area contributed by atoms with Gasteiger partial charge in [0.25, 0.3) is 11.5 Å². The van der Waals surface area contributed by atoms with E-state index in [4.69, 9.17) is 12.2 Å². The highest BCUT2D eigenvalue weighted by molar-refractivity contribution is 7.71. The molecule has 0 unspecified atom stereocenters. The third-order valence-electron chi connectivity index (χ3n) is 4.47. The van der Waals surface area contributed by atoms with E-state index in [0.717, 1.165) is 16.3 Å². The van der Waals surface area contributed by atoms with E-state index in [0.29, 0.717) is 28.1 Å². The van der Waals surface area contributed by atoms with Crippen LogP contribution in [-0.2, 0) is 6.54 Å². The molecule has 0 aliphatic heterocycles. The molecule has 1 aromatic carbocycles. The number of hydrogen-bond acceptors (Lipinski definition) is 6. The average molecular weight is 436 g/mol. The third kappa shape index (κ3) is 3.72. The number of amides is 1. The number of allylic oxidation sites excluding steroid dienone is 1. The molecule has 0 bridgehead atoms. The Balaban J connectivity index is 1.64. The number of aromatic amines is 1. The molecule has 7 nitrogen and oxygen atoms in total. The van der Waals surface area contributed by atoms with E-state index in [-0.39, 0.29) is 16.2 Å². The summed E-state index contributed by atoms with van der Waals surface area (Å²) in [5, 5.41) is 3.75. The smallest absolute Gasteiger partial charge is 0.262 e.